The highest BCUT2D eigenvalue weighted by Gasteiger charge is 2.38. The molecule has 0 N–H and O–H groups in total. The third-order valence-corrected chi connectivity index (χ3v) is 7.57. The third-order valence-electron chi connectivity index (χ3n) is 7.57. The van der Waals surface area contributed by atoms with Crippen LogP contribution in [0.25, 0.3) is 12.2 Å². The Morgan fingerprint density at radius 2 is 1.21 bits per heavy atom. The summed E-state index contributed by atoms with van der Waals surface area (Å²) < 4.78 is 0.0881. The van der Waals surface area contributed by atoms with Gasteiger partial charge >= 0.3 is 0 Å². The second-order valence-corrected chi connectivity index (χ2v) is 9.10. The van der Waals surface area contributed by atoms with E-state index in [9.17, 15) is 5.21 Å². The minimum absolute atomic E-state index is 0.0881. The van der Waals surface area contributed by atoms with Crippen LogP contribution in [0.1, 0.15) is 73.1 Å². The van der Waals surface area contributed by atoms with Crippen LogP contribution in [0, 0.1) is 11.1 Å². The molecule has 1 aliphatic heterocycles. The van der Waals surface area contributed by atoms with Crippen molar-refractivity contribution in [2.75, 3.05) is 13.1 Å². The van der Waals surface area contributed by atoms with Gasteiger partial charge in [0.05, 0.1) is 19.1 Å². The van der Waals surface area contributed by atoms with E-state index in [4.69, 9.17) is 0 Å². The Labute approximate surface area is 169 Å². The number of quaternary nitrogens is 1. The predicted molar refractivity (Wildman–Crippen MR) is 117 cm³/mol. The van der Waals surface area contributed by atoms with Gasteiger partial charge in [0.2, 0.25) is 0 Å². The van der Waals surface area contributed by atoms with Crippen LogP contribution in [0.4, 0.5) is 0 Å². The number of likely N-dealkylation sites (tertiary alicyclic amines) is 1. The number of fused-ring (bicyclic) bond motifs is 2. The summed E-state index contributed by atoms with van der Waals surface area (Å²) in [6, 6.07) is 18.1. The summed E-state index contributed by atoms with van der Waals surface area (Å²) in [6.07, 6.45) is 12.8. The molecule has 2 heteroatoms. The Kier molecular flexibility index (Phi) is 4.86. The van der Waals surface area contributed by atoms with Crippen LogP contribution in [0.15, 0.2) is 48.5 Å². The number of nitrogens with zero attached hydrogens (tertiary/aromatic N) is 1. The first-order valence-corrected chi connectivity index (χ1v) is 11.2. The topological polar surface area (TPSA) is 23.1 Å². The molecule has 0 atom stereocenters. The van der Waals surface area contributed by atoms with Crippen LogP contribution in [-0.4, -0.2) is 23.8 Å². The summed E-state index contributed by atoms with van der Waals surface area (Å²) in [6.45, 7) is 1.62. The van der Waals surface area contributed by atoms with Crippen molar-refractivity contribution in [1.82, 2.24) is 0 Å². The van der Waals surface area contributed by atoms with Gasteiger partial charge in [0, 0.05) is 18.8 Å². The van der Waals surface area contributed by atoms with Gasteiger partial charge in [0.1, 0.15) is 0 Å². The van der Waals surface area contributed by atoms with E-state index in [1.54, 1.807) is 0 Å². The molecule has 28 heavy (non-hydrogen) atoms. The molecule has 0 aromatic heterocycles. The van der Waals surface area contributed by atoms with Gasteiger partial charge < -0.3 is 9.85 Å². The fourth-order valence-electron chi connectivity index (χ4n) is 6.02. The van der Waals surface area contributed by atoms with Gasteiger partial charge in [-0.25, -0.2) is 0 Å². The maximum absolute atomic E-state index is 13.6. The molecule has 0 bridgehead atoms. The molecule has 0 radical (unpaired) electrons. The quantitative estimate of drug-likeness (QED) is 0.444. The lowest BCUT2D eigenvalue weighted by Gasteiger charge is -2.54. The van der Waals surface area contributed by atoms with Crippen molar-refractivity contribution >= 4 is 12.2 Å². The maximum atomic E-state index is 13.6. The van der Waals surface area contributed by atoms with Gasteiger partial charge in [-0.3, -0.25) is 0 Å². The van der Waals surface area contributed by atoms with Gasteiger partial charge in [-0.05, 0) is 53.9 Å². The molecule has 0 amide bonds. The molecule has 1 heterocycles. The lowest BCUT2D eigenvalue weighted by atomic mass is 9.74. The number of hydroxylamine groups is 3. The van der Waals surface area contributed by atoms with E-state index in [1.165, 1.54) is 41.5 Å². The van der Waals surface area contributed by atoms with Crippen molar-refractivity contribution < 1.29 is 4.65 Å². The molecule has 2 nitrogen and oxygen atoms in total. The van der Waals surface area contributed by atoms with Crippen LogP contribution in [0.5, 0.6) is 0 Å². The average molecular weight is 374 g/mol. The molecule has 2 aromatic rings. The second-order valence-electron chi connectivity index (χ2n) is 9.10. The summed E-state index contributed by atoms with van der Waals surface area (Å²) in [5.74, 6) is 0.966. The average Bonchev–Trinajstić information content (AvgIpc) is 2.92. The third kappa shape index (κ3) is 3.23. The first-order valence-electron chi connectivity index (χ1n) is 11.2. The van der Waals surface area contributed by atoms with Crippen LogP contribution >= 0.6 is 0 Å². The van der Waals surface area contributed by atoms with Gasteiger partial charge in [0.25, 0.3) is 0 Å². The zero-order valence-corrected chi connectivity index (χ0v) is 16.7. The first-order chi connectivity index (χ1) is 13.7. The van der Waals surface area contributed by atoms with Crippen molar-refractivity contribution in [1.29, 1.82) is 0 Å². The zero-order valence-electron chi connectivity index (χ0n) is 16.7. The van der Waals surface area contributed by atoms with E-state index >= 15 is 0 Å². The molecule has 1 saturated carbocycles. The molecular weight excluding hydrogens is 342 g/mol. The monoisotopic (exact) mass is 373 g/mol. The van der Waals surface area contributed by atoms with E-state index < -0.39 is 0 Å². The fraction of sp³-hybridized carbons (Fsp3) is 0.462. The predicted octanol–water partition coefficient (Wildman–Crippen LogP) is 6.36. The molecule has 2 aromatic carbocycles. The fourth-order valence-corrected chi connectivity index (χ4v) is 6.02. The zero-order chi connectivity index (χ0) is 19.0. The van der Waals surface area contributed by atoms with Crippen molar-refractivity contribution in [2.24, 2.45) is 5.92 Å². The smallest absolute Gasteiger partial charge is 0.0887 e. The summed E-state index contributed by atoms with van der Waals surface area (Å²) >= 11 is 0. The Morgan fingerprint density at radius 1 is 0.679 bits per heavy atom. The normalized spacial score (nSPS) is 28.4. The van der Waals surface area contributed by atoms with E-state index in [1.807, 2.05) is 0 Å². The van der Waals surface area contributed by atoms with Gasteiger partial charge in [-0.15, -0.1) is 0 Å². The molecule has 2 aliphatic carbocycles. The van der Waals surface area contributed by atoms with E-state index in [0.29, 0.717) is 17.9 Å². The maximum Gasteiger partial charge on any atom is 0.0887 e. The molecule has 3 aliphatic rings. The summed E-state index contributed by atoms with van der Waals surface area (Å²) in [5, 5.41) is 13.6. The molecule has 146 valence electrons. The van der Waals surface area contributed by atoms with E-state index in [2.05, 4.69) is 60.7 Å². The van der Waals surface area contributed by atoms with Crippen molar-refractivity contribution in [3.05, 3.63) is 76.0 Å². The SMILES string of the molecule is [O-][N+]1(C2CCCCC2)CCC(C2c3ccccc3C=Cc3ccccc32)CC1. The van der Waals surface area contributed by atoms with Gasteiger partial charge in [0.15, 0.2) is 0 Å². The molecule has 5 rings (SSSR count). The highest BCUT2D eigenvalue weighted by atomic mass is 16.5. The van der Waals surface area contributed by atoms with Crippen molar-refractivity contribution in [3.8, 4) is 0 Å². The highest BCUT2D eigenvalue weighted by molar-refractivity contribution is 5.76. The highest BCUT2D eigenvalue weighted by Crippen LogP contribution is 2.45. The minimum Gasteiger partial charge on any atom is -0.633 e. The van der Waals surface area contributed by atoms with E-state index in [-0.39, 0.29) is 4.65 Å². The second kappa shape index (κ2) is 7.50. The van der Waals surface area contributed by atoms with Crippen LogP contribution in [0.3, 0.4) is 0 Å². The standard InChI is InChI=1S/C26H31NO/c28-27(23-10-2-1-3-11-23)18-16-22(17-19-27)26-24-12-6-4-8-20(24)14-15-21-9-5-7-13-25(21)26/h4-9,12-15,22-23,26H,1-3,10-11,16-19H2. The molecule has 1 saturated heterocycles. The Balaban J connectivity index is 1.44. The minimum atomic E-state index is 0.0881. The number of piperidine rings is 1. The number of benzene rings is 2. The molecular formula is C26H31NO. The van der Waals surface area contributed by atoms with E-state index in [0.717, 1.165) is 38.8 Å². The van der Waals surface area contributed by atoms with Crippen LogP contribution in [0.2, 0.25) is 0 Å². The Bertz CT molecular complexity index is 807. The van der Waals surface area contributed by atoms with Gasteiger partial charge in [-0.1, -0.05) is 67.1 Å². The number of rotatable bonds is 2. The van der Waals surface area contributed by atoms with Crippen molar-refractivity contribution in [2.45, 2.75) is 56.9 Å². The van der Waals surface area contributed by atoms with Crippen molar-refractivity contribution in [3.63, 3.8) is 0 Å². The van der Waals surface area contributed by atoms with Crippen LogP contribution in [-0.2, 0) is 0 Å². The number of hydrogen-bond acceptors (Lipinski definition) is 1. The van der Waals surface area contributed by atoms with Gasteiger partial charge in [-0.2, -0.15) is 0 Å². The lowest BCUT2D eigenvalue weighted by Crippen LogP contribution is -2.56. The molecule has 2 fully saturated rings. The summed E-state index contributed by atoms with van der Waals surface area (Å²) in [5.41, 5.74) is 5.56. The molecule has 0 unspecified atom stereocenters. The lowest BCUT2D eigenvalue weighted by molar-refractivity contribution is -0.912. The summed E-state index contributed by atoms with van der Waals surface area (Å²) in [7, 11) is 0. The Morgan fingerprint density at radius 3 is 1.79 bits per heavy atom. The molecule has 0 spiro atoms. The van der Waals surface area contributed by atoms with Crippen LogP contribution < -0.4 is 0 Å². The Hall–Kier alpha value is -1.90. The first kappa shape index (κ1) is 18.1. The number of hydrogen-bond donors (Lipinski definition) is 0. The largest absolute Gasteiger partial charge is 0.633 e. The summed E-state index contributed by atoms with van der Waals surface area (Å²) in [4.78, 5) is 0.